The maximum atomic E-state index is 9.49. The number of hydrogen-bond donors (Lipinski definition) is 0. The maximum absolute atomic E-state index is 9.49. The molecule has 5 heteroatoms. The summed E-state index contributed by atoms with van der Waals surface area (Å²) in [4.78, 5) is 9.17. The van der Waals surface area contributed by atoms with Gasteiger partial charge in [-0.15, -0.1) is 0 Å². The summed E-state index contributed by atoms with van der Waals surface area (Å²) in [6.07, 6.45) is 1.73. The van der Waals surface area contributed by atoms with E-state index < -0.39 is 0 Å². The van der Waals surface area contributed by atoms with E-state index in [1.54, 1.807) is 30.5 Å². The van der Waals surface area contributed by atoms with E-state index >= 15 is 0 Å². The van der Waals surface area contributed by atoms with Gasteiger partial charge in [-0.1, -0.05) is 35.3 Å². The van der Waals surface area contributed by atoms with Crippen LogP contribution in [0.2, 0.25) is 10.0 Å². The standard InChI is InChI=1S/C19H9Cl2N3/c20-14-3-1-11(2-4-14)18-12(9-22)7-13-10-23-17-6-5-15(21)8-16(17)19(13)24-18/h1-8,10H. The number of hydrogen-bond acceptors (Lipinski definition) is 3. The lowest BCUT2D eigenvalue weighted by molar-refractivity contribution is 1.35. The van der Waals surface area contributed by atoms with Crippen molar-refractivity contribution in [1.29, 1.82) is 5.26 Å². The van der Waals surface area contributed by atoms with Gasteiger partial charge in [0.2, 0.25) is 0 Å². The van der Waals surface area contributed by atoms with Crippen LogP contribution < -0.4 is 0 Å². The third-order valence-corrected chi connectivity index (χ3v) is 4.33. The zero-order chi connectivity index (χ0) is 16.7. The molecule has 0 fully saturated rings. The van der Waals surface area contributed by atoms with Gasteiger partial charge >= 0.3 is 0 Å². The van der Waals surface area contributed by atoms with Gasteiger partial charge in [-0.3, -0.25) is 4.98 Å². The molecule has 0 atom stereocenters. The molecule has 4 aromatic rings. The van der Waals surface area contributed by atoms with Crippen LogP contribution in [0.25, 0.3) is 33.1 Å². The first kappa shape index (κ1) is 14.9. The van der Waals surface area contributed by atoms with Gasteiger partial charge in [-0.25, -0.2) is 4.98 Å². The molecule has 0 spiro atoms. The molecule has 114 valence electrons. The summed E-state index contributed by atoms with van der Waals surface area (Å²) in [5.41, 5.74) is 3.53. The van der Waals surface area contributed by atoms with Crippen molar-refractivity contribution in [2.75, 3.05) is 0 Å². The summed E-state index contributed by atoms with van der Waals surface area (Å²) in [5, 5.41) is 12.4. The number of nitriles is 1. The van der Waals surface area contributed by atoms with Gasteiger partial charge in [0, 0.05) is 32.6 Å². The molecule has 2 aromatic carbocycles. The highest BCUT2D eigenvalue weighted by Gasteiger charge is 2.12. The van der Waals surface area contributed by atoms with E-state index in [0.29, 0.717) is 21.3 Å². The van der Waals surface area contributed by atoms with Gasteiger partial charge in [0.25, 0.3) is 0 Å². The van der Waals surface area contributed by atoms with Crippen LogP contribution in [0.1, 0.15) is 5.56 Å². The van der Waals surface area contributed by atoms with Crippen molar-refractivity contribution < 1.29 is 0 Å². The van der Waals surface area contributed by atoms with Gasteiger partial charge in [-0.05, 0) is 36.4 Å². The highest BCUT2D eigenvalue weighted by Crippen LogP contribution is 2.30. The van der Waals surface area contributed by atoms with Crippen LogP contribution >= 0.6 is 23.2 Å². The average Bonchev–Trinajstić information content (AvgIpc) is 2.61. The fourth-order valence-corrected chi connectivity index (χ4v) is 3.00. The molecule has 0 radical (unpaired) electrons. The van der Waals surface area contributed by atoms with Gasteiger partial charge in [0.1, 0.15) is 6.07 Å². The van der Waals surface area contributed by atoms with Crippen molar-refractivity contribution in [1.82, 2.24) is 9.97 Å². The fourth-order valence-electron chi connectivity index (χ4n) is 2.71. The molecule has 24 heavy (non-hydrogen) atoms. The number of pyridine rings is 2. The molecule has 2 aromatic heterocycles. The van der Waals surface area contributed by atoms with Crippen molar-refractivity contribution in [3.8, 4) is 17.3 Å². The van der Waals surface area contributed by atoms with E-state index in [1.807, 2.05) is 24.3 Å². The predicted octanol–water partition coefficient (Wildman–Crippen LogP) is 5.63. The second-order valence-corrected chi connectivity index (χ2v) is 6.23. The zero-order valence-corrected chi connectivity index (χ0v) is 13.8. The first-order chi connectivity index (χ1) is 11.7. The summed E-state index contributed by atoms with van der Waals surface area (Å²) >= 11 is 12.1. The molecule has 0 saturated heterocycles. The van der Waals surface area contributed by atoms with Crippen molar-refractivity contribution in [3.63, 3.8) is 0 Å². The van der Waals surface area contributed by atoms with E-state index in [4.69, 9.17) is 28.2 Å². The third kappa shape index (κ3) is 2.46. The summed E-state index contributed by atoms with van der Waals surface area (Å²) in [5.74, 6) is 0. The van der Waals surface area contributed by atoms with Crippen LogP contribution in [0.15, 0.2) is 54.7 Å². The van der Waals surface area contributed by atoms with Crippen LogP contribution in [0.4, 0.5) is 0 Å². The Kier molecular flexibility index (Phi) is 3.57. The molecule has 0 aliphatic heterocycles. The Morgan fingerprint density at radius 2 is 1.67 bits per heavy atom. The normalized spacial score (nSPS) is 10.9. The van der Waals surface area contributed by atoms with Crippen molar-refractivity contribution >= 4 is 45.0 Å². The lowest BCUT2D eigenvalue weighted by Crippen LogP contribution is -1.93. The Hall–Kier alpha value is -2.67. The number of aromatic nitrogens is 2. The Bertz CT molecular complexity index is 1130. The summed E-state index contributed by atoms with van der Waals surface area (Å²) in [6.45, 7) is 0. The monoisotopic (exact) mass is 349 g/mol. The van der Waals surface area contributed by atoms with Crippen LogP contribution in [0.5, 0.6) is 0 Å². The van der Waals surface area contributed by atoms with Gasteiger partial charge < -0.3 is 0 Å². The maximum Gasteiger partial charge on any atom is 0.101 e. The van der Waals surface area contributed by atoms with Crippen LogP contribution in [-0.4, -0.2) is 9.97 Å². The van der Waals surface area contributed by atoms with Crippen molar-refractivity contribution in [2.45, 2.75) is 0 Å². The van der Waals surface area contributed by atoms with Crippen molar-refractivity contribution in [2.24, 2.45) is 0 Å². The van der Waals surface area contributed by atoms with E-state index in [1.165, 1.54) is 0 Å². The quantitative estimate of drug-likeness (QED) is 0.418. The van der Waals surface area contributed by atoms with Gasteiger partial charge in [-0.2, -0.15) is 5.26 Å². The van der Waals surface area contributed by atoms with Crippen LogP contribution in [-0.2, 0) is 0 Å². The SMILES string of the molecule is N#Cc1cc2cnc3ccc(Cl)cc3c2nc1-c1ccc(Cl)cc1. The first-order valence-electron chi connectivity index (χ1n) is 7.21. The fraction of sp³-hybridized carbons (Fsp3) is 0. The number of benzene rings is 2. The second kappa shape index (κ2) is 5.76. The Labute approximate surface area is 148 Å². The van der Waals surface area contributed by atoms with E-state index in [-0.39, 0.29) is 0 Å². The molecule has 0 aliphatic rings. The van der Waals surface area contributed by atoms with E-state index in [9.17, 15) is 5.26 Å². The molecule has 0 aliphatic carbocycles. The number of halogens is 2. The lowest BCUT2D eigenvalue weighted by atomic mass is 10.0. The summed E-state index contributed by atoms with van der Waals surface area (Å²) in [7, 11) is 0. The molecule has 0 amide bonds. The van der Waals surface area contributed by atoms with Crippen molar-refractivity contribution in [3.05, 3.63) is 70.3 Å². The number of rotatable bonds is 1. The molecular weight excluding hydrogens is 341 g/mol. The highest BCUT2D eigenvalue weighted by molar-refractivity contribution is 6.31. The Morgan fingerprint density at radius 3 is 2.42 bits per heavy atom. The smallest absolute Gasteiger partial charge is 0.101 e. The Morgan fingerprint density at radius 1 is 0.917 bits per heavy atom. The van der Waals surface area contributed by atoms with Crippen LogP contribution in [0, 0.1) is 11.3 Å². The molecule has 3 nitrogen and oxygen atoms in total. The Balaban J connectivity index is 2.09. The predicted molar refractivity (Wildman–Crippen MR) is 97.2 cm³/mol. The van der Waals surface area contributed by atoms with Gasteiger partial charge in [0.05, 0.1) is 22.3 Å². The molecule has 0 N–H and O–H groups in total. The number of nitrogens with zero attached hydrogens (tertiary/aromatic N) is 3. The molecule has 4 rings (SSSR count). The molecule has 0 unspecified atom stereocenters. The summed E-state index contributed by atoms with van der Waals surface area (Å²) in [6, 6.07) is 16.8. The van der Waals surface area contributed by atoms with E-state index in [0.717, 1.165) is 27.4 Å². The molecule has 0 saturated carbocycles. The minimum absolute atomic E-state index is 0.494. The van der Waals surface area contributed by atoms with E-state index in [2.05, 4.69) is 11.1 Å². The largest absolute Gasteiger partial charge is 0.255 e. The topological polar surface area (TPSA) is 49.6 Å². The first-order valence-corrected chi connectivity index (χ1v) is 7.96. The number of fused-ring (bicyclic) bond motifs is 3. The molecular formula is C19H9Cl2N3. The minimum Gasteiger partial charge on any atom is -0.255 e. The molecule has 0 bridgehead atoms. The zero-order valence-electron chi connectivity index (χ0n) is 12.3. The lowest BCUT2D eigenvalue weighted by Gasteiger charge is -2.08. The average molecular weight is 350 g/mol. The van der Waals surface area contributed by atoms with Gasteiger partial charge in [0.15, 0.2) is 0 Å². The third-order valence-electron chi connectivity index (χ3n) is 3.85. The molecule has 2 heterocycles. The second-order valence-electron chi connectivity index (χ2n) is 5.36. The highest BCUT2D eigenvalue weighted by atomic mass is 35.5. The van der Waals surface area contributed by atoms with Crippen LogP contribution in [0.3, 0.4) is 0 Å². The minimum atomic E-state index is 0.494. The summed E-state index contributed by atoms with van der Waals surface area (Å²) < 4.78 is 0.